The van der Waals surface area contributed by atoms with Gasteiger partial charge in [-0.1, -0.05) is 25.4 Å². The molecular formula is C23H25ClFN3O2. The minimum Gasteiger partial charge on any atom is -0.479 e. The summed E-state index contributed by atoms with van der Waals surface area (Å²) in [4.78, 5) is 6.76. The van der Waals surface area contributed by atoms with Gasteiger partial charge in [-0.2, -0.15) is 0 Å². The van der Waals surface area contributed by atoms with E-state index in [9.17, 15) is 4.39 Å². The molecule has 1 saturated heterocycles. The number of fused-ring (bicyclic) bond motifs is 3. The summed E-state index contributed by atoms with van der Waals surface area (Å²) in [5.74, 6) is 0.384. The van der Waals surface area contributed by atoms with Gasteiger partial charge in [0, 0.05) is 24.3 Å². The average molecular weight is 430 g/mol. The largest absolute Gasteiger partial charge is 0.479 e. The van der Waals surface area contributed by atoms with Crippen LogP contribution in [0.5, 0.6) is 0 Å². The number of hydrogen-bond donors (Lipinski definition) is 0. The third-order valence-corrected chi connectivity index (χ3v) is 6.72. The number of pyridine rings is 1. The highest BCUT2D eigenvalue weighted by atomic mass is 35.5. The third-order valence-electron chi connectivity index (χ3n) is 6.43. The van der Waals surface area contributed by atoms with Crippen molar-refractivity contribution in [2.24, 2.45) is 11.8 Å². The first-order chi connectivity index (χ1) is 14.5. The summed E-state index contributed by atoms with van der Waals surface area (Å²) >= 11 is 6.17. The monoisotopic (exact) mass is 429 g/mol. The maximum Gasteiger partial charge on any atom is 0.162 e. The molecule has 2 aliphatic rings. The quantitative estimate of drug-likeness (QED) is 0.564. The molecule has 0 amide bonds. The van der Waals surface area contributed by atoms with E-state index in [0.29, 0.717) is 25.2 Å². The van der Waals surface area contributed by atoms with Crippen LogP contribution in [0.3, 0.4) is 0 Å². The number of nitrogens with zero attached hydrogens (tertiary/aromatic N) is 3. The molecule has 0 radical (unpaired) electrons. The van der Waals surface area contributed by atoms with Crippen LogP contribution < -0.4 is 0 Å². The van der Waals surface area contributed by atoms with Gasteiger partial charge >= 0.3 is 0 Å². The summed E-state index contributed by atoms with van der Waals surface area (Å²) in [5.41, 5.74) is 3.95. The second kappa shape index (κ2) is 7.75. The molecule has 4 heterocycles. The van der Waals surface area contributed by atoms with E-state index in [2.05, 4.69) is 34.4 Å². The Hall–Kier alpha value is -2.31. The van der Waals surface area contributed by atoms with Crippen molar-refractivity contribution in [3.8, 4) is 0 Å². The Morgan fingerprint density at radius 2 is 2.13 bits per heavy atom. The van der Waals surface area contributed by atoms with Crippen molar-refractivity contribution < 1.29 is 13.9 Å². The molecule has 5 rings (SSSR count). The summed E-state index contributed by atoms with van der Waals surface area (Å²) in [7, 11) is 0. The van der Waals surface area contributed by atoms with Crippen LogP contribution in [-0.2, 0) is 22.4 Å². The van der Waals surface area contributed by atoms with E-state index in [0.717, 1.165) is 46.9 Å². The molecule has 30 heavy (non-hydrogen) atoms. The van der Waals surface area contributed by atoms with Crippen LogP contribution >= 0.6 is 11.6 Å². The molecule has 1 fully saturated rings. The Kier molecular flexibility index (Phi) is 5.07. The smallest absolute Gasteiger partial charge is 0.162 e. The normalized spacial score (nSPS) is 24.1. The van der Waals surface area contributed by atoms with Crippen LogP contribution in [0.1, 0.15) is 25.8 Å². The van der Waals surface area contributed by atoms with Gasteiger partial charge in [0.1, 0.15) is 18.3 Å². The molecule has 3 unspecified atom stereocenters. The zero-order valence-electron chi connectivity index (χ0n) is 17.1. The second-order valence-electron chi connectivity index (χ2n) is 8.32. The van der Waals surface area contributed by atoms with Crippen molar-refractivity contribution in [1.29, 1.82) is 0 Å². The van der Waals surface area contributed by atoms with Crippen molar-refractivity contribution in [2.75, 3.05) is 13.3 Å². The molecule has 2 aromatic heterocycles. The summed E-state index contributed by atoms with van der Waals surface area (Å²) in [5, 5.41) is 0.946. The average Bonchev–Trinajstić information content (AvgIpc) is 3.38. The molecule has 0 saturated carbocycles. The number of benzene rings is 1. The molecule has 158 valence electrons. The Morgan fingerprint density at radius 1 is 1.27 bits per heavy atom. The Bertz CT molecular complexity index is 1130. The molecule has 0 N–H and O–H groups in total. The Morgan fingerprint density at radius 3 is 2.90 bits per heavy atom. The number of hydrogen-bond acceptors (Lipinski definition) is 4. The fourth-order valence-electron chi connectivity index (χ4n) is 4.53. The molecule has 3 aromatic rings. The van der Waals surface area contributed by atoms with E-state index >= 15 is 0 Å². The number of rotatable bonds is 4. The van der Waals surface area contributed by atoms with E-state index in [-0.39, 0.29) is 11.3 Å². The lowest BCUT2D eigenvalue weighted by atomic mass is 9.88. The van der Waals surface area contributed by atoms with E-state index in [1.165, 1.54) is 6.07 Å². The summed E-state index contributed by atoms with van der Waals surface area (Å²) < 4.78 is 27.9. The summed E-state index contributed by atoms with van der Waals surface area (Å²) in [6.07, 6.45) is 7.33. The van der Waals surface area contributed by atoms with Gasteiger partial charge in [-0.25, -0.2) is 4.39 Å². The van der Waals surface area contributed by atoms with Gasteiger partial charge in [-0.05, 0) is 48.4 Å². The first kappa shape index (κ1) is 19.6. The Labute approximate surface area is 180 Å². The molecule has 0 bridgehead atoms. The molecule has 2 aliphatic heterocycles. The van der Waals surface area contributed by atoms with Gasteiger partial charge in [-0.3, -0.25) is 4.98 Å². The highest BCUT2D eigenvalue weighted by Crippen LogP contribution is 2.36. The van der Waals surface area contributed by atoms with Crippen molar-refractivity contribution in [3.05, 3.63) is 53.3 Å². The highest BCUT2D eigenvalue weighted by molar-refractivity contribution is 6.31. The lowest BCUT2D eigenvalue weighted by Gasteiger charge is -2.38. The van der Waals surface area contributed by atoms with Crippen molar-refractivity contribution in [3.63, 3.8) is 0 Å². The number of aryl methyl sites for hydroxylation is 1. The van der Waals surface area contributed by atoms with Crippen LogP contribution in [0.4, 0.5) is 4.39 Å². The van der Waals surface area contributed by atoms with Gasteiger partial charge in [0.05, 0.1) is 28.2 Å². The van der Waals surface area contributed by atoms with E-state index in [4.69, 9.17) is 21.1 Å². The van der Waals surface area contributed by atoms with Crippen LogP contribution in [0.15, 0.2) is 36.9 Å². The molecule has 5 nitrogen and oxygen atoms in total. The van der Waals surface area contributed by atoms with Crippen LogP contribution in [0.25, 0.3) is 21.9 Å². The van der Waals surface area contributed by atoms with Crippen LogP contribution in [0, 0.1) is 17.7 Å². The summed E-state index contributed by atoms with van der Waals surface area (Å²) in [6, 6.07) is 5.42. The molecular weight excluding hydrogens is 405 g/mol. The van der Waals surface area contributed by atoms with Gasteiger partial charge < -0.3 is 18.9 Å². The zero-order chi connectivity index (χ0) is 20.8. The second-order valence-corrected chi connectivity index (χ2v) is 8.72. The van der Waals surface area contributed by atoms with Crippen molar-refractivity contribution >= 4 is 33.5 Å². The lowest BCUT2D eigenvalue weighted by Crippen LogP contribution is -2.42. The number of halogens is 2. The molecule has 3 atom stereocenters. The molecule has 7 heteroatoms. The predicted octanol–water partition coefficient (Wildman–Crippen LogP) is 5.30. The fraction of sp³-hybridized carbons (Fsp3) is 0.435. The molecule has 0 spiro atoms. The molecule has 1 aromatic carbocycles. The van der Waals surface area contributed by atoms with E-state index in [1.807, 2.05) is 12.4 Å². The van der Waals surface area contributed by atoms with Crippen LogP contribution in [-0.4, -0.2) is 34.0 Å². The maximum absolute atomic E-state index is 14.3. The maximum atomic E-state index is 14.3. The summed E-state index contributed by atoms with van der Waals surface area (Å²) in [6.45, 7) is 6.37. The topological polar surface area (TPSA) is 39.5 Å². The predicted molar refractivity (Wildman–Crippen MR) is 116 cm³/mol. The number of aromatic nitrogens is 2. The van der Waals surface area contributed by atoms with E-state index < -0.39 is 5.82 Å². The molecule has 0 aliphatic carbocycles. The Balaban J connectivity index is 1.57. The standard InChI is InChI=1S/C23H25ClFN3O2/c1-3-15-6-21-23(26-10-15)17-8-19(25)18(24)9-20(17)28(21)11-16-7-22(30-12-14(16)2)27-4-5-29-13-27/h4-6,8-10,14,16,22H,3,7,11-13H2,1-2H3. The third kappa shape index (κ3) is 3.32. The zero-order valence-corrected chi connectivity index (χ0v) is 17.9. The SMILES string of the molecule is CCc1cnc2c3cc(F)c(Cl)cc3n(CC3CC(N4C=COC4)OCC3C)c2c1. The minimum absolute atomic E-state index is 0.00315. The van der Waals surface area contributed by atoms with Crippen molar-refractivity contribution in [1.82, 2.24) is 14.5 Å². The first-order valence-corrected chi connectivity index (χ1v) is 10.8. The van der Waals surface area contributed by atoms with Gasteiger partial charge in [0.2, 0.25) is 0 Å². The highest BCUT2D eigenvalue weighted by Gasteiger charge is 2.33. The van der Waals surface area contributed by atoms with E-state index in [1.54, 1.807) is 12.3 Å². The van der Waals surface area contributed by atoms with Crippen LogP contribution in [0.2, 0.25) is 5.02 Å². The van der Waals surface area contributed by atoms with Crippen molar-refractivity contribution in [2.45, 2.75) is 39.5 Å². The van der Waals surface area contributed by atoms with Gasteiger partial charge in [-0.15, -0.1) is 0 Å². The van der Waals surface area contributed by atoms with Gasteiger partial charge in [0.15, 0.2) is 6.73 Å². The van der Waals surface area contributed by atoms with Gasteiger partial charge in [0.25, 0.3) is 0 Å². The minimum atomic E-state index is -0.412. The number of ether oxygens (including phenoxy) is 2. The lowest BCUT2D eigenvalue weighted by molar-refractivity contribution is -0.118. The fourth-order valence-corrected chi connectivity index (χ4v) is 4.69. The first-order valence-electron chi connectivity index (χ1n) is 10.5.